The molecule has 2 aromatic heterocycles. The van der Waals surface area contributed by atoms with Gasteiger partial charge in [0.1, 0.15) is 17.0 Å². The molecule has 0 saturated carbocycles. The van der Waals surface area contributed by atoms with Crippen molar-refractivity contribution in [3.05, 3.63) is 53.2 Å². The Kier molecular flexibility index (Phi) is 3.97. The maximum Gasteiger partial charge on any atom is 0.140 e. The predicted molar refractivity (Wildman–Crippen MR) is 96.1 cm³/mol. The van der Waals surface area contributed by atoms with Crippen LogP contribution in [0.4, 0.5) is 5.82 Å². The van der Waals surface area contributed by atoms with E-state index in [4.69, 9.17) is 0 Å². The standard InChI is InChI=1S/C18H20N4S/c1-14-11-16-17(19-13-20-18(16)23-14)22-9-7-21(8-10-22)12-15-5-3-2-4-6-15/h2-6,11,13H,7-10,12H2,1H3. The number of anilines is 1. The van der Waals surface area contributed by atoms with Crippen LogP contribution in [-0.2, 0) is 6.54 Å². The van der Waals surface area contributed by atoms with Crippen LogP contribution in [0.1, 0.15) is 10.4 Å². The van der Waals surface area contributed by atoms with Crippen LogP contribution in [0.5, 0.6) is 0 Å². The Hall–Kier alpha value is -1.98. The van der Waals surface area contributed by atoms with Crippen LogP contribution in [0.2, 0.25) is 0 Å². The van der Waals surface area contributed by atoms with Crippen molar-refractivity contribution in [1.29, 1.82) is 0 Å². The first-order chi connectivity index (χ1) is 11.3. The summed E-state index contributed by atoms with van der Waals surface area (Å²) in [7, 11) is 0. The second-order valence-corrected chi connectivity index (χ2v) is 7.26. The van der Waals surface area contributed by atoms with Crippen molar-refractivity contribution in [3.63, 3.8) is 0 Å². The van der Waals surface area contributed by atoms with E-state index in [2.05, 4.69) is 63.1 Å². The predicted octanol–water partition coefficient (Wildman–Crippen LogP) is 3.32. The molecule has 118 valence electrons. The van der Waals surface area contributed by atoms with E-state index in [0.29, 0.717) is 0 Å². The molecule has 4 rings (SSSR count). The molecule has 0 unspecified atom stereocenters. The third kappa shape index (κ3) is 3.07. The number of nitrogens with zero attached hydrogens (tertiary/aromatic N) is 4. The van der Waals surface area contributed by atoms with Crippen LogP contribution in [0.3, 0.4) is 0 Å². The van der Waals surface area contributed by atoms with E-state index in [1.54, 1.807) is 17.7 Å². The molecule has 3 heterocycles. The number of rotatable bonds is 3. The second-order valence-electron chi connectivity index (χ2n) is 6.02. The summed E-state index contributed by atoms with van der Waals surface area (Å²) < 4.78 is 0. The van der Waals surface area contributed by atoms with Crippen LogP contribution in [0, 0.1) is 6.92 Å². The second kappa shape index (κ2) is 6.26. The first-order valence-corrected chi connectivity index (χ1v) is 8.83. The highest BCUT2D eigenvalue weighted by atomic mass is 32.1. The van der Waals surface area contributed by atoms with Gasteiger partial charge >= 0.3 is 0 Å². The lowest BCUT2D eigenvalue weighted by Gasteiger charge is -2.35. The van der Waals surface area contributed by atoms with Gasteiger partial charge in [0.25, 0.3) is 0 Å². The van der Waals surface area contributed by atoms with Gasteiger partial charge in [0.2, 0.25) is 0 Å². The summed E-state index contributed by atoms with van der Waals surface area (Å²) in [5, 5.41) is 1.20. The molecular weight excluding hydrogens is 304 g/mol. The average molecular weight is 324 g/mol. The molecule has 1 aliphatic rings. The van der Waals surface area contributed by atoms with Crippen molar-refractivity contribution in [2.75, 3.05) is 31.1 Å². The largest absolute Gasteiger partial charge is 0.353 e. The Balaban J connectivity index is 1.46. The van der Waals surface area contributed by atoms with Gasteiger partial charge < -0.3 is 4.90 Å². The zero-order valence-corrected chi connectivity index (χ0v) is 14.1. The number of fused-ring (bicyclic) bond motifs is 1. The number of aryl methyl sites for hydroxylation is 1. The summed E-state index contributed by atoms with van der Waals surface area (Å²) in [5.74, 6) is 1.10. The fourth-order valence-electron chi connectivity index (χ4n) is 3.17. The Morgan fingerprint density at radius 1 is 1.04 bits per heavy atom. The molecule has 0 atom stereocenters. The highest BCUT2D eigenvalue weighted by Gasteiger charge is 2.20. The number of hydrogen-bond donors (Lipinski definition) is 0. The van der Waals surface area contributed by atoms with Gasteiger partial charge in [-0.25, -0.2) is 9.97 Å². The lowest BCUT2D eigenvalue weighted by molar-refractivity contribution is 0.249. The summed E-state index contributed by atoms with van der Waals surface area (Å²) in [4.78, 5) is 16.3. The zero-order valence-electron chi connectivity index (χ0n) is 13.3. The smallest absolute Gasteiger partial charge is 0.140 e. The normalized spacial score (nSPS) is 16.1. The molecule has 1 aromatic carbocycles. The van der Waals surface area contributed by atoms with Crippen molar-refractivity contribution < 1.29 is 0 Å². The summed E-state index contributed by atoms with van der Waals surface area (Å²) in [6.07, 6.45) is 1.70. The molecule has 4 nitrogen and oxygen atoms in total. The summed E-state index contributed by atoms with van der Waals surface area (Å²) in [6.45, 7) is 7.36. The van der Waals surface area contributed by atoms with Crippen molar-refractivity contribution in [2.45, 2.75) is 13.5 Å². The van der Waals surface area contributed by atoms with Crippen LogP contribution >= 0.6 is 11.3 Å². The Morgan fingerprint density at radius 2 is 1.83 bits per heavy atom. The molecule has 1 saturated heterocycles. The summed E-state index contributed by atoms with van der Waals surface area (Å²) in [6, 6.07) is 12.9. The zero-order chi connectivity index (χ0) is 15.6. The monoisotopic (exact) mass is 324 g/mol. The van der Waals surface area contributed by atoms with Crippen LogP contribution in [0.25, 0.3) is 10.2 Å². The van der Waals surface area contributed by atoms with Gasteiger partial charge in [-0.1, -0.05) is 30.3 Å². The highest BCUT2D eigenvalue weighted by molar-refractivity contribution is 7.18. The van der Waals surface area contributed by atoms with Gasteiger partial charge in [-0.15, -0.1) is 11.3 Å². The molecular formula is C18H20N4S. The Bertz CT molecular complexity index is 791. The lowest BCUT2D eigenvalue weighted by Crippen LogP contribution is -2.46. The lowest BCUT2D eigenvalue weighted by atomic mass is 10.2. The van der Waals surface area contributed by atoms with Crippen LogP contribution in [0.15, 0.2) is 42.7 Å². The molecule has 0 spiro atoms. The van der Waals surface area contributed by atoms with Gasteiger partial charge in [0, 0.05) is 37.6 Å². The van der Waals surface area contributed by atoms with Crippen molar-refractivity contribution in [3.8, 4) is 0 Å². The third-order valence-electron chi connectivity index (χ3n) is 4.35. The minimum absolute atomic E-state index is 1.02. The Labute approximate surface area is 140 Å². The van der Waals surface area contributed by atoms with Gasteiger partial charge in [-0.2, -0.15) is 0 Å². The van der Waals surface area contributed by atoms with Gasteiger partial charge in [-0.05, 0) is 18.6 Å². The van der Waals surface area contributed by atoms with Crippen molar-refractivity contribution >= 4 is 27.4 Å². The number of piperazine rings is 1. The number of benzene rings is 1. The molecule has 5 heteroatoms. The van der Waals surface area contributed by atoms with Gasteiger partial charge in [0.05, 0.1) is 5.39 Å². The summed E-state index contributed by atoms with van der Waals surface area (Å²) >= 11 is 1.74. The van der Waals surface area contributed by atoms with E-state index < -0.39 is 0 Å². The molecule has 3 aromatic rings. The average Bonchev–Trinajstić information content (AvgIpc) is 2.97. The van der Waals surface area contributed by atoms with Gasteiger partial charge in [0.15, 0.2) is 0 Å². The maximum absolute atomic E-state index is 4.56. The fraction of sp³-hybridized carbons (Fsp3) is 0.333. The molecule has 0 radical (unpaired) electrons. The van der Waals surface area contributed by atoms with E-state index in [1.165, 1.54) is 15.8 Å². The SMILES string of the molecule is Cc1cc2c(N3CCN(Cc4ccccc4)CC3)ncnc2s1. The molecule has 0 aliphatic carbocycles. The first kappa shape index (κ1) is 14.6. The topological polar surface area (TPSA) is 32.3 Å². The quantitative estimate of drug-likeness (QED) is 0.740. The molecule has 1 fully saturated rings. The van der Waals surface area contributed by atoms with Gasteiger partial charge in [-0.3, -0.25) is 4.90 Å². The van der Waals surface area contributed by atoms with Crippen molar-refractivity contribution in [2.24, 2.45) is 0 Å². The third-order valence-corrected chi connectivity index (χ3v) is 5.31. The molecule has 0 bridgehead atoms. The minimum atomic E-state index is 1.02. The minimum Gasteiger partial charge on any atom is -0.353 e. The summed E-state index contributed by atoms with van der Waals surface area (Å²) in [5.41, 5.74) is 1.39. The number of thiophene rings is 1. The first-order valence-electron chi connectivity index (χ1n) is 8.02. The Morgan fingerprint density at radius 3 is 2.61 bits per heavy atom. The molecule has 0 amide bonds. The van der Waals surface area contributed by atoms with Crippen LogP contribution < -0.4 is 4.90 Å². The number of hydrogen-bond acceptors (Lipinski definition) is 5. The van der Waals surface area contributed by atoms with E-state index in [9.17, 15) is 0 Å². The fourth-order valence-corrected chi connectivity index (χ4v) is 4.02. The number of aromatic nitrogens is 2. The van der Waals surface area contributed by atoms with E-state index in [0.717, 1.165) is 43.4 Å². The molecule has 1 aliphatic heterocycles. The van der Waals surface area contributed by atoms with E-state index in [1.807, 2.05) is 0 Å². The van der Waals surface area contributed by atoms with E-state index in [-0.39, 0.29) is 0 Å². The highest BCUT2D eigenvalue weighted by Crippen LogP contribution is 2.30. The van der Waals surface area contributed by atoms with E-state index >= 15 is 0 Å². The van der Waals surface area contributed by atoms with Crippen molar-refractivity contribution in [1.82, 2.24) is 14.9 Å². The molecule has 23 heavy (non-hydrogen) atoms. The maximum atomic E-state index is 4.56. The molecule has 0 N–H and O–H groups in total. The van der Waals surface area contributed by atoms with Crippen LogP contribution in [-0.4, -0.2) is 41.0 Å².